The van der Waals surface area contributed by atoms with Crippen LogP contribution in [0, 0.1) is 0 Å². The monoisotopic (exact) mass is 306 g/mol. The third-order valence-electron chi connectivity index (χ3n) is 3.96. The number of benzene rings is 1. The maximum atomic E-state index is 11.7. The molecule has 120 valence electrons. The fourth-order valence-electron chi connectivity index (χ4n) is 2.64. The second-order valence-electron chi connectivity index (χ2n) is 5.66. The van der Waals surface area contributed by atoms with Crippen molar-refractivity contribution in [2.24, 2.45) is 5.10 Å². The summed E-state index contributed by atoms with van der Waals surface area (Å²) in [6, 6.07) is 4.78. The summed E-state index contributed by atoms with van der Waals surface area (Å²) in [4.78, 5) is 11.7. The first kappa shape index (κ1) is 16.3. The molecule has 0 radical (unpaired) electrons. The molecule has 22 heavy (non-hydrogen) atoms. The van der Waals surface area contributed by atoms with Crippen LogP contribution in [0.4, 0.5) is 0 Å². The van der Waals surface area contributed by atoms with Crippen LogP contribution in [0.5, 0.6) is 11.5 Å². The van der Waals surface area contributed by atoms with E-state index in [1.54, 1.807) is 12.1 Å². The maximum Gasteiger partial charge on any atom is 0.240 e. The van der Waals surface area contributed by atoms with Gasteiger partial charge in [-0.05, 0) is 43.0 Å². The Bertz CT molecular complexity index is 551. The van der Waals surface area contributed by atoms with E-state index in [9.17, 15) is 15.0 Å². The summed E-state index contributed by atoms with van der Waals surface area (Å²) in [6.07, 6.45) is 5.81. The van der Waals surface area contributed by atoms with Crippen LogP contribution in [-0.2, 0) is 4.79 Å². The zero-order valence-corrected chi connectivity index (χ0v) is 12.7. The van der Waals surface area contributed by atoms with Crippen LogP contribution in [0.3, 0.4) is 0 Å². The van der Waals surface area contributed by atoms with E-state index in [2.05, 4.69) is 10.5 Å². The molecule has 0 heterocycles. The number of methoxy groups -OCH3 is 1. The smallest absolute Gasteiger partial charge is 0.240 e. The minimum Gasteiger partial charge on any atom is -0.504 e. The molecule has 1 saturated carbocycles. The minimum absolute atomic E-state index is 0.0495. The molecule has 0 spiro atoms. The van der Waals surface area contributed by atoms with Crippen LogP contribution in [0.25, 0.3) is 0 Å². The van der Waals surface area contributed by atoms with Gasteiger partial charge in [0.2, 0.25) is 5.91 Å². The molecule has 3 N–H and O–H groups in total. The average molecular weight is 306 g/mol. The Morgan fingerprint density at radius 1 is 1.45 bits per heavy atom. The van der Waals surface area contributed by atoms with Gasteiger partial charge in [-0.3, -0.25) is 4.79 Å². The Morgan fingerprint density at radius 3 is 2.86 bits per heavy atom. The Kier molecular flexibility index (Phi) is 5.38. The van der Waals surface area contributed by atoms with Gasteiger partial charge in [0.25, 0.3) is 0 Å². The topological polar surface area (TPSA) is 91.2 Å². The number of nitrogens with zero attached hydrogens (tertiary/aromatic N) is 1. The lowest BCUT2D eigenvalue weighted by Crippen LogP contribution is -2.27. The van der Waals surface area contributed by atoms with Gasteiger partial charge in [-0.1, -0.05) is 12.8 Å². The Balaban J connectivity index is 1.80. The van der Waals surface area contributed by atoms with E-state index in [0.29, 0.717) is 17.7 Å². The highest BCUT2D eigenvalue weighted by Crippen LogP contribution is 2.33. The van der Waals surface area contributed by atoms with Gasteiger partial charge in [0, 0.05) is 6.42 Å². The molecule has 1 aliphatic rings. The van der Waals surface area contributed by atoms with Gasteiger partial charge in [-0.25, -0.2) is 5.43 Å². The first-order valence-electron chi connectivity index (χ1n) is 7.44. The van der Waals surface area contributed by atoms with Gasteiger partial charge in [-0.15, -0.1) is 0 Å². The van der Waals surface area contributed by atoms with E-state index in [1.165, 1.54) is 19.4 Å². The van der Waals surface area contributed by atoms with Gasteiger partial charge in [0.15, 0.2) is 11.5 Å². The lowest BCUT2D eigenvalue weighted by Gasteiger charge is -2.20. The standard InChI is InChI=1S/C16H22N2O4/c1-22-14-10-12(4-5-13(14)19)11-17-18-15(20)6-9-16(21)7-2-3-8-16/h4-5,10-11,19,21H,2-3,6-9H2,1H3,(H,18,20)/b17-11-. The molecule has 2 rings (SSSR count). The Morgan fingerprint density at radius 2 is 2.18 bits per heavy atom. The fourth-order valence-corrected chi connectivity index (χ4v) is 2.64. The summed E-state index contributed by atoms with van der Waals surface area (Å²) < 4.78 is 4.99. The number of phenols is 1. The number of aromatic hydroxyl groups is 1. The fraction of sp³-hybridized carbons (Fsp3) is 0.500. The number of aliphatic hydroxyl groups is 1. The molecule has 0 atom stereocenters. The van der Waals surface area contributed by atoms with E-state index in [0.717, 1.165) is 25.7 Å². The summed E-state index contributed by atoms with van der Waals surface area (Å²) in [5.74, 6) is 0.176. The molecule has 1 aromatic rings. The van der Waals surface area contributed by atoms with Crippen LogP contribution in [0.15, 0.2) is 23.3 Å². The van der Waals surface area contributed by atoms with E-state index < -0.39 is 5.60 Å². The molecular formula is C16H22N2O4. The third kappa shape index (κ3) is 4.46. The van der Waals surface area contributed by atoms with Crippen molar-refractivity contribution >= 4 is 12.1 Å². The summed E-state index contributed by atoms with van der Waals surface area (Å²) in [6.45, 7) is 0. The molecule has 0 aliphatic heterocycles. The van der Waals surface area contributed by atoms with Crippen molar-refractivity contribution in [3.05, 3.63) is 23.8 Å². The molecule has 0 bridgehead atoms. The van der Waals surface area contributed by atoms with Gasteiger partial charge >= 0.3 is 0 Å². The first-order chi connectivity index (χ1) is 10.5. The van der Waals surface area contributed by atoms with Crippen molar-refractivity contribution < 1.29 is 19.7 Å². The van der Waals surface area contributed by atoms with Crippen molar-refractivity contribution in [3.63, 3.8) is 0 Å². The summed E-state index contributed by atoms with van der Waals surface area (Å²) in [5, 5.41) is 23.5. The first-order valence-corrected chi connectivity index (χ1v) is 7.44. The van der Waals surface area contributed by atoms with E-state index in [1.807, 2.05) is 0 Å². The lowest BCUT2D eigenvalue weighted by molar-refractivity contribution is -0.122. The molecule has 1 aliphatic carbocycles. The molecular weight excluding hydrogens is 284 g/mol. The number of rotatable bonds is 6. The predicted octanol–water partition coefficient (Wildman–Crippen LogP) is 1.94. The van der Waals surface area contributed by atoms with Crippen LogP contribution >= 0.6 is 0 Å². The number of nitrogens with one attached hydrogen (secondary N) is 1. The number of hydrogen-bond acceptors (Lipinski definition) is 5. The highest BCUT2D eigenvalue weighted by atomic mass is 16.5. The maximum absolute atomic E-state index is 11.7. The minimum atomic E-state index is -0.675. The summed E-state index contributed by atoms with van der Waals surface area (Å²) in [5.41, 5.74) is 2.46. The number of ether oxygens (including phenoxy) is 1. The lowest BCUT2D eigenvalue weighted by atomic mass is 9.96. The van der Waals surface area contributed by atoms with Crippen molar-refractivity contribution in [2.45, 2.75) is 44.1 Å². The number of hydrogen-bond donors (Lipinski definition) is 3. The summed E-state index contributed by atoms with van der Waals surface area (Å²) >= 11 is 0. The van der Waals surface area contributed by atoms with Crippen molar-refractivity contribution in [3.8, 4) is 11.5 Å². The van der Waals surface area contributed by atoms with Gasteiger partial charge in [-0.2, -0.15) is 5.10 Å². The van der Waals surface area contributed by atoms with Gasteiger partial charge in [0.1, 0.15) is 0 Å². The normalized spacial score (nSPS) is 16.8. The Hall–Kier alpha value is -2.08. The molecule has 0 unspecified atom stereocenters. The van der Waals surface area contributed by atoms with E-state index >= 15 is 0 Å². The third-order valence-corrected chi connectivity index (χ3v) is 3.96. The molecule has 6 nitrogen and oxygen atoms in total. The molecule has 1 aromatic carbocycles. The SMILES string of the molecule is COc1cc(/C=N\NC(=O)CCC2(O)CCCC2)ccc1O. The van der Waals surface area contributed by atoms with Crippen LogP contribution < -0.4 is 10.2 Å². The zero-order valence-electron chi connectivity index (χ0n) is 12.7. The number of amides is 1. The van der Waals surface area contributed by atoms with Crippen molar-refractivity contribution in [1.29, 1.82) is 0 Å². The Labute approximate surface area is 129 Å². The van der Waals surface area contributed by atoms with Gasteiger partial charge < -0.3 is 14.9 Å². The van der Waals surface area contributed by atoms with Crippen LogP contribution in [-0.4, -0.2) is 35.0 Å². The quantitative estimate of drug-likeness (QED) is 0.553. The number of carbonyl (C=O) groups is 1. The van der Waals surface area contributed by atoms with Crippen LogP contribution in [0.2, 0.25) is 0 Å². The second kappa shape index (κ2) is 7.26. The molecule has 1 amide bonds. The van der Waals surface area contributed by atoms with Crippen LogP contribution in [0.1, 0.15) is 44.1 Å². The largest absolute Gasteiger partial charge is 0.504 e. The number of phenolic OH excluding ortho intramolecular Hbond substituents is 1. The average Bonchev–Trinajstić information content (AvgIpc) is 2.94. The van der Waals surface area contributed by atoms with Crippen molar-refractivity contribution in [1.82, 2.24) is 5.43 Å². The highest BCUT2D eigenvalue weighted by molar-refractivity contribution is 5.83. The molecule has 0 aromatic heterocycles. The predicted molar refractivity (Wildman–Crippen MR) is 83.0 cm³/mol. The highest BCUT2D eigenvalue weighted by Gasteiger charge is 2.31. The van der Waals surface area contributed by atoms with Crippen molar-refractivity contribution in [2.75, 3.05) is 7.11 Å². The van der Waals surface area contributed by atoms with E-state index in [-0.39, 0.29) is 18.1 Å². The summed E-state index contributed by atoms with van der Waals surface area (Å²) in [7, 11) is 1.46. The zero-order chi connectivity index (χ0) is 16.0. The molecule has 0 saturated heterocycles. The molecule has 1 fully saturated rings. The van der Waals surface area contributed by atoms with Gasteiger partial charge in [0.05, 0.1) is 18.9 Å². The molecule has 6 heteroatoms. The second-order valence-corrected chi connectivity index (χ2v) is 5.66. The number of carbonyl (C=O) groups excluding carboxylic acids is 1. The number of hydrazone groups is 1. The van der Waals surface area contributed by atoms with E-state index in [4.69, 9.17) is 4.74 Å².